The second kappa shape index (κ2) is 8.14. The first-order chi connectivity index (χ1) is 12.6. The Hall–Kier alpha value is -2.67. The molecule has 0 bridgehead atoms. The third kappa shape index (κ3) is 3.94. The van der Waals surface area contributed by atoms with E-state index in [9.17, 15) is 4.79 Å². The number of nitrogen functional groups attached to an aromatic ring is 1. The van der Waals surface area contributed by atoms with E-state index in [1.165, 1.54) is 7.11 Å². The lowest BCUT2D eigenvalue weighted by Crippen LogP contribution is -2.41. The standard InChI is InChI=1S/C19H24N4O3/c1-25-12-17(24)23-9-3-4-14(11-23)18-16(10-21-19(20)22-18)13-5-7-15(26-2)8-6-13/h5-8,10,14H,3-4,9,11-12H2,1-2H3,(H2,20,21,22)/t14-/m1/s1. The van der Waals surface area contributed by atoms with E-state index in [-0.39, 0.29) is 24.4 Å². The SMILES string of the molecule is COCC(=O)N1CCC[C@@H](c2nc(N)ncc2-c2ccc(OC)cc2)C1. The fourth-order valence-corrected chi connectivity index (χ4v) is 3.36. The maximum atomic E-state index is 12.2. The minimum absolute atomic E-state index is 0.00484. The maximum absolute atomic E-state index is 12.2. The van der Waals surface area contributed by atoms with Crippen molar-refractivity contribution in [1.29, 1.82) is 0 Å². The molecule has 2 heterocycles. The van der Waals surface area contributed by atoms with E-state index < -0.39 is 0 Å². The van der Waals surface area contributed by atoms with Crippen LogP contribution >= 0.6 is 0 Å². The van der Waals surface area contributed by atoms with Crippen LogP contribution in [-0.2, 0) is 9.53 Å². The molecule has 0 radical (unpaired) electrons. The van der Waals surface area contributed by atoms with Crippen LogP contribution in [0.5, 0.6) is 5.75 Å². The molecular formula is C19H24N4O3. The Morgan fingerprint density at radius 3 is 2.77 bits per heavy atom. The lowest BCUT2D eigenvalue weighted by atomic mass is 9.90. The van der Waals surface area contributed by atoms with E-state index >= 15 is 0 Å². The van der Waals surface area contributed by atoms with Crippen molar-refractivity contribution in [2.24, 2.45) is 0 Å². The second-order valence-electron chi connectivity index (χ2n) is 6.37. The molecule has 1 fully saturated rings. The molecule has 1 aliphatic rings. The molecule has 1 saturated heterocycles. The average molecular weight is 356 g/mol. The number of carbonyl (C=O) groups excluding carboxylic acids is 1. The first kappa shape index (κ1) is 18.1. The van der Waals surface area contributed by atoms with Crippen LogP contribution in [0, 0.1) is 0 Å². The number of benzene rings is 1. The minimum Gasteiger partial charge on any atom is -0.497 e. The third-order valence-electron chi connectivity index (χ3n) is 4.67. The van der Waals surface area contributed by atoms with Gasteiger partial charge in [0.1, 0.15) is 12.4 Å². The van der Waals surface area contributed by atoms with Crippen LogP contribution in [0.2, 0.25) is 0 Å². The predicted molar refractivity (Wildman–Crippen MR) is 98.9 cm³/mol. The second-order valence-corrected chi connectivity index (χ2v) is 6.37. The summed E-state index contributed by atoms with van der Waals surface area (Å²) in [6.45, 7) is 1.46. The van der Waals surface area contributed by atoms with Crippen LogP contribution in [-0.4, -0.2) is 54.7 Å². The Labute approximate surface area is 153 Å². The van der Waals surface area contributed by atoms with Crippen molar-refractivity contribution in [3.8, 4) is 16.9 Å². The zero-order chi connectivity index (χ0) is 18.5. The molecule has 2 aromatic rings. The number of nitrogens with zero attached hydrogens (tertiary/aromatic N) is 3. The normalized spacial score (nSPS) is 17.2. The number of likely N-dealkylation sites (tertiary alicyclic amines) is 1. The summed E-state index contributed by atoms with van der Waals surface area (Å²) in [7, 11) is 3.17. The highest BCUT2D eigenvalue weighted by Crippen LogP contribution is 2.34. The molecule has 2 N–H and O–H groups in total. The molecule has 3 rings (SSSR count). The number of hydrogen-bond acceptors (Lipinski definition) is 6. The highest BCUT2D eigenvalue weighted by atomic mass is 16.5. The number of aromatic nitrogens is 2. The number of methoxy groups -OCH3 is 2. The molecular weight excluding hydrogens is 332 g/mol. The van der Waals surface area contributed by atoms with Crippen LogP contribution in [0.15, 0.2) is 30.5 Å². The Kier molecular flexibility index (Phi) is 5.68. The number of hydrogen-bond donors (Lipinski definition) is 1. The van der Waals surface area contributed by atoms with E-state index in [1.54, 1.807) is 13.3 Å². The molecule has 138 valence electrons. The smallest absolute Gasteiger partial charge is 0.248 e. The fraction of sp³-hybridized carbons (Fsp3) is 0.421. The highest BCUT2D eigenvalue weighted by molar-refractivity contribution is 5.77. The number of ether oxygens (including phenoxy) is 2. The number of nitrogens with two attached hydrogens (primary N) is 1. The third-order valence-corrected chi connectivity index (χ3v) is 4.67. The lowest BCUT2D eigenvalue weighted by molar-refractivity contribution is -0.136. The molecule has 0 spiro atoms. The van der Waals surface area contributed by atoms with E-state index in [4.69, 9.17) is 15.2 Å². The molecule has 1 atom stereocenters. The molecule has 7 nitrogen and oxygen atoms in total. The van der Waals surface area contributed by atoms with Crippen molar-refractivity contribution in [3.63, 3.8) is 0 Å². The van der Waals surface area contributed by atoms with Crippen molar-refractivity contribution in [2.45, 2.75) is 18.8 Å². The van der Waals surface area contributed by atoms with Gasteiger partial charge in [0.05, 0.1) is 12.8 Å². The molecule has 0 saturated carbocycles. The van der Waals surface area contributed by atoms with E-state index in [2.05, 4.69) is 9.97 Å². The van der Waals surface area contributed by atoms with Gasteiger partial charge in [0, 0.05) is 37.9 Å². The van der Waals surface area contributed by atoms with Gasteiger partial charge in [0.15, 0.2) is 0 Å². The predicted octanol–water partition coefficient (Wildman–Crippen LogP) is 2.09. The number of anilines is 1. The summed E-state index contributed by atoms with van der Waals surface area (Å²) >= 11 is 0. The zero-order valence-corrected chi connectivity index (χ0v) is 15.1. The van der Waals surface area contributed by atoms with Crippen molar-refractivity contribution < 1.29 is 14.3 Å². The Morgan fingerprint density at radius 1 is 1.31 bits per heavy atom. The van der Waals surface area contributed by atoms with Crippen LogP contribution in [0.1, 0.15) is 24.5 Å². The van der Waals surface area contributed by atoms with Gasteiger partial charge in [-0.1, -0.05) is 12.1 Å². The summed E-state index contributed by atoms with van der Waals surface area (Å²) < 4.78 is 10.2. The van der Waals surface area contributed by atoms with Gasteiger partial charge in [0.2, 0.25) is 11.9 Å². The van der Waals surface area contributed by atoms with Gasteiger partial charge in [-0.05, 0) is 30.5 Å². The minimum atomic E-state index is 0.00484. The Balaban J connectivity index is 1.91. The molecule has 0 aliphatic carbocycles. The summed E-state index contributed by atoms with van der Waals surface area (Å²) in [6.07, 6.45) is 3.64. The van der Waals surface area contributed by atoms with Crippen molar-refractivity contribution in [3.05, 3.63) is 36.2 Å². The van der Waals surface area contributed by atoms with E-state index in [1.807, 2.05) is 29.2 Å². The fourth-order valence-electron chi connectivity index (χ4n) is 3.36. The van der Waals surface area contributed by atoms with Crippen LogP contribution in [0.4, 0.5) is 5.95 Å². The van der Waals surface area contributed by atoms with Gasteiger partial charge >= 0.3 is 0 Å². The highest BCUT2D eigenvalue weighted by Gasteiger charge is 2.27. The number of amides is 1. The summed E-state index contributed by atoms with van der Waals surface area (Å²) in [5.41, 5.74) is 8.68. The molecule has 7 heteroatoms. The summed E-state index contributed by atoms with van der Waals surface area (Å²) in [5, 5.41) is 0. The van der Waals surface area contributed by atoms with Crippen LogP contribution in [0.3, 0.4) is 0 Å². The van der Waals surface area contributed by atoms with Gasteiger partial charge in [0.25, 0.3) is 0 Å². The number of carbonyl (C=O) groups is 1. The lowest BCUT2D eigenvalue weighted by Gasteiger charge is -2.33. The molecule has 1 aliphatic heterocycles. The van der Waals surface area contributed by atoms with Gasteiger partial charge in [-0.2, -0.15) is 0 Å². The van der Waals surface area contributed by atoms with Crippen LogP contribution < -0.4 is 10.5 Å². The van der Waals surface area contributed by atoms with Gasteiger partial charge in [-0.25, -0.2) is 9.97 Å². The van der Waals surface area contributed by atoms with E-state index in [0.717, 1.165) is 42.0 Å². The monoisotopic (exact) mass is 356 g/mol. The topological polar surface area (TPSA) is 90.6 Å². The number of rotatable bonds is 5. The molecule has 1 aromatic heterocycles. The quantitative estimate of drug-likeness (QED) is 0.882. The summed E-state index contributed by atoms with van der Waals surface area (Å²) in [4.78, 5) is 22.7. The largest absolute Gasteiger partial charge is 0.497 e. The average Bonchev–Trinajstić information content (AvgIpc) is 2.68. The number of piperidine rings is 1. The van der Waals surface area contributed by atoms with Crippen molar-refractivity contribution in [2.75, 3.05) is 39.6 Å². The van der Waals surface area contributed by atoms with E-state index in [0.29, 0.717) is 6.54 Å². The van der Waals surface area contributed by atoms with Gasteiger partial charge < -0.3 is 20.1 Å². The Morgan fingerprint density at radius 2 is 2.08 bits per heavy atom. The maximum Gasteiger partial charge on any atom is 0.248 e. The van der Waals surface area contributed by atoms with Crippen molar-refractivity contribution in [1.82, 2.24) is 14.9 Å². The first-order valence-electron chi connectivity index (χ1n) is 8.66. The molecule has 26 heavy (non-hydrogen) atoms. The molecule has 0 unspecified atom stereocenters. The molecule has 1 amide bonds. The van der Waals surface area contributed by atoms with Gasteiger partial charge in [-0.15, -0.1) is 0 Å². The zero-order valence-electron chi connectivity index (χ0n) is 15.1. The molecule has 1 aromatic carbocycles. The van der Waals surface area contributed by atoms with Gasteiger partial charge in [-0.3, -0.25) is 4.79 Å². The summed E-state index contributed by atoms with van der Waals surface area (Å²) in [6, 6.07) is 7.78. The van der Waals surface area contributed by atoms with Crippen molar-refractivity contribution >= 4 is 11.9 Å². The Bertz CT molecular complexity index is 764. The summed E-state index contributed by atoms with van der Waals surface area (Å²) in [5.74, 6) is 1.16. The van der Waals surface area contributed by atoms with Crippen LogP contribution in [0.25, 0.3) is 11.1 Å². The first-order valence-corrected chi connectivity index (χ1v) is 8.66.